The van der Waals surface area contributed by atoms with E-state index in [-0.39, 0.29) is 11.5 Å². The van der Waals surface area contributed by atoms with Gasteiger partial charge in [-0.2, -0.15) is 0 Å². The number of hydrogen-bond acceptors (Lipinski definition) is 5. The van der Waals surface area contributed by atoms with E-state index in [1.807, 2.05) is 0 Å². The Bertz CT molecular complexity index is 483. The Balaban J connectivity index is 2.30. The van der Waals surface area contributed by atoms with Crippen molar-refractivity contribution in [1.29, 1.82) is 0 Å². The summed E-state index contributed by atoms with van der Waals surface area (Å²) in [5.74, 6) is -0.941. The number of nitrogens with one attached hydrogen (secondary N) is 1. The van der Waals surface area contributed by atoms with Crippen LogP contribution in [0.15, 0.2) is 18.2 Å². The molecule has 1 saturated heterocycles. The van der Waals surface area contributed by atoms with Gasteiger partial charge in [-0.1, -0.05) is 6.07 Å². The van der Waals surface area contributed by atoms with Crippen LogP contribution in [0.5, 0.6) is 5.75 Å². The second-order valence-corrected chi connectivity index (χ2v) is 3.97. The summed E-state index contributed by atoms with van der Waals surface area (Å²) in [7, 11) is 0. The molecule has 1 aromatic carbocycles. The number of hydrogen-bond donors (Lipinski definition) is 2. The first kappa shape index (κ1) is 12.3. The lowest BCUT2D eigenvalue weighted by molar-refractivity contribution is -0.385. The van der Waals surface area contributed by atoms with Crippen LogP contribution in [-0.2, 0) is 0 Å². The van der Waals surface area contributed by atoms with E-state index in [4.69, 9.17) is 0 Å². The Hall–Kier alpha value is -2.15. The number of phenolic OH excluding ortho intramolecular Hbond substituents is 1. The van der Waals surface area contributed by atoms with Crippen molar-refractivity contribution in [3.05, 3.63) is 33.9 Å². The third kappa shape index (κ3) is 2.25. The number of piperazine rings is 1. The standard InChI is InChI=1S/C11H13N3O4/c15-10-8(2-1-3-9(10)14(17)18)11(16)13-6-4-12-5-7-13/h1-3,12,15H,4-7H2. The zero-order valence-electron chi connectivity index (χ0n) is 9.63. The lowest BCUT2D eigenvalue weighted by Crippen LogP contribution is -2.46. The van der Waals surface area contributed by atoms with Crippen LogP contribution in [0.25, 0.3) is 0 Å². The first-order valence-corrected chi connectivity index (χ1v) is 5.57. The topological polar surface area (TPSA) is 95.7 Å². The van der Waals surface area contributed by atoms with Crippen molar-refractivity contribution in [2.45, 2.75) is 0 Å². The van der Waals surface area contributed by atoms with Gasteiger partial charge in [-0.25, -0.2) is 0 Å². The van der Waals surface area contributed by atoms with Gasteiger partial charge in [-0.05, 0) is 6.07 Å². The molecule has 2 rings (SSSR count). The van der Waals surface area contributed by atoms with Crippen LogP contribution in [0.3, 0.4) is 0 Å². The smallest absolute Gasteiger partial charge is 0.311 e. The highest BCUT2D eigenvalue weighted by Gasteiger charge is 2.25. The van der Waals surface area contributed by atoms with E-state index in [2.05, 4.69) is 5.32 Å². The highest BCUT2D eigenvalue weighted by atomic mass is 16.6. The van der Waals surface area contributed by atoms with E-state index < -0.39 is 16.4 Å². The maximum atomic E-state index is 12.1. The minimum absolute atomic E-state index is 0.0221. The van der Waals surface area contributed by atoms with Gasteiger partial charge >= 0.3 is 5.69 Å². The van der Waals surface area contributed by atoms with Crippen molar-refractivity contribution in [1.82, 2.24) is 10.2 Å². The molecule has 0 unspecified atom stereocenters. The number of nitrogens with zero attached hydrogens (tertiary/aromatic N) is 2. The summed E-state index contributed by atoms with van der Waals surface area (Å²) in [5, 5.41) is 23.5. The van der Waals surface area contributed by atoms with E-state index in [1.54, 1.807) is 4.90 Å². The summed E-state index contributed by atoms with van der Waals surface area (Å²) < 4.78 is 0. The molecule has 0 radical (unpaired) electrons. The minimum atomic E-state index is -0.704. The third-order valence-corrected chi connectivity index (χ3v) is 2.85. The fraction of sp³-hybridized carbons (Fsp3) is 0.364. The molecule has 0 bridgehead atoms. The maximum absolute atomic E-state index is 12.1. The molecule has 0 saturated carbocycles. The molecule has 0 atom stereocenters. The van der Waals surface area contributed by atoms with Crippen LogP contribution in [-0.4, -0.2) is 47.0 Å². The van der Waals surface area contributed by atoms with Gasteiger partial charge < -0.3 is 15.3 Å². The SMILES string of the molecule is O=C(c1cccc([N+](=O)[O-])c1O)N1CCNCC1. The highest BCUT2D eigenvalue weighted by Crippen LogP contribution is 2.30. The molecule has 1 aliphatic rings. The van der Waals surface area contributed by atoms with Crippen molar-refractivity contribution in [2.75, 3.05) is 26.2 Å². The van der Waals surface area contributed by atoms with Crippen LogP contribution in [0.2, 0.25) is 0 Å². The van der Waals surface area contributed by atoms with E-state index in [0.717, 1.165) is 0 Å². The number of phenols is 1. The molecule has 0 spiro atoms. The molecular weight excluding hydrogens is 238 g/mol. The van der Waals surface area contributed by atoms with E-state index in [9.17, 15) is 20.0 Å². The van der Waals surface area contributed by atoms with E-state index >= 15 is 0 Å². The molecule has 7 heteroatoms. The molecule has 1 aromatic rings. The molecule has 0 aliphatic carbocycles. The molecule has 1 heterocycles. The fourth-order valence-electron chi connectivity index (χ4n) is 1.89. The molecule has 1 fully saturated rings. The summed E-state index contributed by atoms with van der Waals surface area (Å²) in [6.07, 6.45) is 0. The minimum Gasteiger partial charge on any atom is -0.502 e. The average molecular weight is 251 g/mol. The van der Waals surface area contributed by atoms with Gasteiger partial charge in [0.15, 0.2) is 0 Å². The van der Waals surface area contributed by atoms with Gasteiger partial charge in [0.05, 0.1) is 10.5 Å². The Morgan fingerprint density at radius 3 is 2.67 bits per heavy atom. The molecular formula is C11H13N3O4. The van der Waals surface area contributed by atoms with Gasteiger partial charge in [0.25, 0.3) is 5.91 Å². The number of aromatic hydroxyl groups is 1. The maximum Gasteiger partial charge on any atom is 0.311 e. The van der Waals surface area contributed by atoms with Crippen molar-refractivity contribution in [2.24, 2.45) is 0 Å². The summed E-state index contributed by atoms with van der Waals surface area (Å²) in [6.45, 7) is 2.42. The summed E-state index contributed by atoms with van der Waals surface area (Å²) >= 11 is 0. The summed E-state index contributed by atoms with van der Waals surface area (Å²) in [4.78, 5) is 23.7. The number of rotatable bonds is 2. The quantitative estimate of drug-likeness (QED) is 0.584. The van der Waals surface area contributed by atoms with Gasteiger partial charge in [0, 0.05) is 32.2 Å². The Morgan fingerprint density at radius 1 is 1.39 bits per heavy atom. The normalized spacial score (nSPS) is 15.4. The monoisotopic (exact) mass is 251 g/mol. The fourth-order valence-corrected chi connectivity index (χ4v) is 1.89. The van der Waals surface area contributed by atoms with Crippen LogP contribution in [0, 0.1) is 10.1 Å². The number of nitro benzene ring substituents is 1. The Kier molecular flexibility index (Phi) is 3.42. The Labute approximate surface area is 103 Å². The molecule has 7 nitrogen and oxygen atoms in total. The van der Waals surface area contributed by atoms with Gasteiger partial charge in [0.1, 0.15) is 0 Å². The number of carbonyl (C=O) groups is 1. The number of amides is 1. The first-order valence-electron chi connectivity index (χ1n) is 5.57. The third-order valence-electron chi connectivity index (χ3n) is 2.85. The van der Waals surface area contributed by atoms with E-state index in [0.29, 0.717) is 26.2 Å². The number of para-hydroxylation sites is 1. The van der Waals surface area contributed by atoms with Crippen molar-refractivity contribution in [3.63, 3.8) is 0 Å². The molecule has 2 N–H and O–H groups in total. The average Bonchev–Trinajstić information content (AvgIpc) is 2.39. The molecule has 1 aliphatic heterocycles. The zero-order valence-corrected chi connectivity index (χ0v) is 9.63. The molecule has 96 valence electrons. The second-order valence-electron chi connectivity index (χ2n) is 3.97. The summed E-state index contributed by atoms with van der Waals surface area (Å²) in [5.41, 5.74) is -0.470. The molecule has 0 aromatic heterocycles. The lowest BCUT2D eigenvalue weighted by atomic mass is 10.1. The molecule has 18 heavy (non-hydrogen) atoms. The van der Waals surface area contributed by atoms with Crippen molar-refractivity contribution in [3.8, 4) is 5.75 Å². The number of benzene rings is 1. The zero-order chi connectivity index (χ0) is 13.1. The lowest BCUT2D eigenvalue weighted by Gasteiger charge is -2.27. The Morgan fingerprint density at radius 2 is 2.06 bits per heavy atom. The predicted molar refractivity (Wildman–Crippen MR) is 63.5 cm³/mol. The largest absolute Gasteiger partial charge is 0.502 e. The predicted octanol–water partition coefficient (Wildman–Crippen LogP) is 0.346. The number of nitro groups is 1. The van der Waals surface area contributed by atoms with Crippen LogP contribution in [0.4, 0.5) is 5.69 Å². The van der Waals surface area contributed by atoms with Crippen LogP contribution >= 0.6 is 0 Å². The highest BCUT2D eigenvalue weighted by molar-refractivity contribution is 5.98. The first-order chi connectivity index (χ1) is 8.61. The van der Waals surface area contributed by atoms with Crippen LogP contribution < -0.4 is 5.32 Å². The van der Waals surface area contributed by atoms with Crippen LogP contribution in [0.1, 0.15) is 10.4 Å². The van der Waals surface area contributed by atoms with Gasteiger partial charge in [0.2, 0.25) is 5.75 Å². The van der Waals surface area contributed by atoms with Gasteiger partial charge in [-0.15, -0.1) is 0 Å². The van der Waals surface area contributed by atoms with E-state index in [1.165, 1.54) is 18.2 Å². The van der Waals surface area contributed by atoms with Gasteiger partial charge in [-0.3, -0.25) is 14.9 Å². The molecule has 1 amide bonds. The van der Waals surface area contributed by atoms with Crippen molar-refractivity contribution < 1.29 is 14.8 Å². The van der Waals surface area contributed by atoms with Crippen molar-refractivity contribution >= 4 is 11.6 Å². The number of carbonyl (C=O) groups excluding carboxylic acids is 1. The second kappa shape index (κ2) is 5.01. The summed E-state index contributed by atoms with van der Waals surface area (Å²) in [6, 6.07) is 3.96.